The number of fused-ring (bicyclic) bond motifs is 2. The highest BCUT2D eigenvalue weighted by atomic mass is 79.9. The van der Waals surface area contributed by atoms with E-state index in [2.05, 4.69) is 49.2 Å². The number of aromatic amines is 1. The van der Waals surface area contributed by atoms with Gasteiger partial charge in [-0.15, -0.1) is 0 Å². The average molecular weight is 332 g/mol. The maximum Gasteiger partial charge on any atom is 0.0535 e. The van der Waals surface area contributed by atoms with Crippen molar-refractivity contribution in [3.05, 3.63) is 51.3 Å². The molecule has 104 valence electrons. The van der Waals surface area contributed by atoms with Crippen LogP contribution in [0, 0.1) is 0 Å². The lowest BCUT2D eigenvalue weighted by Gasteiger charge is -2.38. The highest BCUT2D eigenvalue weighted by Crippen LogP contribution is 2.37. The number of benzene rings is 1. The maximum atomic E-state index is 4.18. The summed E-state index contributed by atoms with van der Waals surface area (Å²) < 4.78 is 1.20. The Morgan fingerprint density at radius 3 is 3.15 bits per heavy atom. The molecule has 1 unspecified atom stereocenters. The van der Waals surface area contributed by atoms with Crippen molar-refractivity contribution in [1.29, 1.82) is 0 Å². The standard InChI is InChI=1S/C16H18BrN3/c17-13-5-4-11-2-1-3-16(14(11)8-13)20-7-6-15-12(10-20)9-18-19-15/h4-5,8-9,16H,1-3,6-7,10H2,(H,18,19). The molecule has 2 heterocycles. The van der Waals surface area contributed by atoms with E-state index < -0.39 is 0 Å². The van der Waals surface area contributed by atoms with Crippen LogP contribution in [0.2, 0.25) is 0 Å². The van der Waals surface area contributed by atoms with E-state index in [1.54, 1.807) is 0 Å². The molecule has 0 saturated heterocycles. The van der Waals surface area contributed by atoms with Gasteiger partial charge in [0.15, 0.2) is 0 Å². The normalized spacial score (nSPS) is 22.4. The number of aryl methyl sites for hydroxylation is 1. The average Bonchev–Trinajstić information content (AvgIpc) is 2.94. The third-order valence-electron chi connectivity index (χ3n) is 4.66. The molecule has 0 saturated carbocycles. The zero-order chi connectivity index (χ0) is 13.5. The summed E-state index contributed by atoms with van der Waals surface area (Å²) in [5.41, 5.74) is 5.75. The van der Waals surface area contributed by atoms with E-state index in [-0.39, 0.29) is 0 Å². The second-order valence-electron chi connectivity index (χ2n) is 5.85. The molecule has 0 fully saturated rings. The third-order valence-corrected chi connectivity index (χ3v) is 5.15. The van der Waals surface area contributed by atoms with Gasteiger partial charge in [0, 0.05) is 41.3 Å². The first-order chi connectivity index (χ1) is 9.81. The van der Waals surface area contributed by atoms with Gasteiger partial charge in [0.1, 0.15) is 0 Å². The lowest BCUT2D eigenvalue weighted by Crippen LogP contribution is -2.35. The van der Waals surface area contributed by atoms with Crippen molar-refractivity contribution in [1.82, 2.24) is 15.1 Å². The fourth-order valence-electron chi connectivity index (χ4n) is 3.63. The van der Waals surface area contributed by atoms with Crippen molar-refractivity contribution in [2.45, 2.75) is 38.3 Å². The summed E-state index contributed by atoms with van der Waals surface area (Å²) >= 11 is 3.63. The van der Waals surface area contributed by atoms with Crippen molar-refractivity contribution in [2.75, 3.05) is 6.54 Å². The molecule has 2 aromatic rings. The first-order valence-corrected chi connectivity index (χ1v) is 8.14. The van der Waals surface area contributed by atoms with Crippen LogP contribution in [0.15, 0.2) is 28.9 Å². The van der Waals surface area contributed by atoms with Crippen LogP contribution in [0.5, 0.6) is 0 Å². The van der Waals surface area contributed by atoms with Crippen LogP contribution in [0.3, 0.4) is 0 Å². The summed E-state index contributed by atoms with van der Waals surface area (Å²) in [6.07, 6.45) is 6.88. The molecular formula is C16H18BrN3. The van der Waals surface area contributed by atoms with Crippen molar-refractivity contribution in [3.8, 4) is 0 Å². The molecule has 1 aliphatic carbocycles. The molecule has 0 spiro atoms. The fourth-order valence-corrected chi connectivity index (χ4v) is 4.01. The summed E-state index contributed by atoms with van der Waals surface area (Å²) in [7, 11) is 0. The minimum atomic E-state index is 0.569. The van der Waals surface area contributed by atoms with E-state index in [1.807, 2.05) is 6.20 Å². The highest BCUT2D eigenvalue weighted by Gasteiger charge is 2.29. The largest absolute Gasteiger partial charge is 0.292 e. The Balaban J connectivity index is 1.66. The zero-order valence-electron chi connectivity index (χ0n) is 11.4. The van der Waals surface area contributed by atoms with Crippen LogP contribution in [-0.2, 0) is 19.4 Å². The number of halogens is 1. The molecule has 1 aliphatic heterocycles. The molecule has 1 aromatic heterocycles. The summed E-state index contributed by atoms with van der Waals surface area (Å²) in [5.74, 6) is 0. The molecule has 0 bridgehead atoms. The first-order valence-electron chi connectivity index (χ1n) is 7.35. The van der Waals surface area contributed by atoms with Gasteiger partial charge in [0.05, 0.1) is 6.20 Å². The minimum Gasteiger partial charge on any atom is -0.292 e. The number of aromatic nitrogens is 2. The predicted octanol–water partition coefficient (Wildman–Crippen LogP) is 3.61. The number of rotatable bonds is 1. The van der Waals surface area contributed by atoms with Gasteiger partial charge in [-0.05, 0) is 42.5 Å². The summed E-state index contributed by atoms with van der Waals surface area (Å²) in [6.45, 7) is 2.16. The number of hydrogen-bond acceptors (Lipinski definition) is 2. The van der Waals surface area contributed by atoms with Crippen LogP contribution in [0.1, 0.15) is 41.3 Å². The van der Waals surface area contributed by atoms with E-state index in [1.165, 1.54) is 46.1 Å². The molecule has 1 atom stereocenters. The quantitative estimate of drug-likeness (QED) is 0.865. The number of H-pyrrole nitrogens is 1. The van der Waals surface area contributed by atoms with Gasteiger partial charge in [0.25, 0.3) is 0 Å². The molecule has 4 heteroatoms. The minimum absolute atomic E-state index is 0.569. The van der Waals surface area contributed by atoms with Crippen molar-refractivity contribution in [3.63, 3.8) is 0 Å². The van der Waals surface area contributed by atoms with Gasteiger partial charge in [0.2, 0.25) is 0 Å². The fraction of sp³-hybridized carbons (Fsp3) is 0.438. The number of nitrogens with zero attached hydrogens (tertiary/aromatic N) is 2. The number of hydrogen-bond donors (Lipinski definition) is 1. The summed E-state index contributed by atoms with van der Waals surface area (Å²) in [4.78, 5) is 2.63. The second-order valence-corrected chi connectivity index (χ2v) is 6.76. The molecule has 20 heavy (non-hydrogen) atoms. The summed E-state index contributed by atoms with van der Waals surface area (Å²) in [6, 6.07) is 7.35. The lowest BCUT2D eigenvalue weighted by molar-refractivity contribution is 0.161. The van der Waals surface area contributed by atoms with E-state index in [0.29, 0.717) is 6.04 Å². The Hall–Kier alpha value is -1.13. The topological polar surface area (TPSA) is 31.9 Å². The Morgan fingerprint density at radius 1 is 1.25 bits per heavy atom. The van der Waals surface area contributed by atoms with Crippen LogP contribution < -0.4 is 0 Å². The SMILES string of the molecule is Brc1ccc2c(c1)C(N1CCc3[nH]ncc3C1)CCC2. The molecular weight excluding hydrogens is 314 g/mol. The smallest absolute Gasteiger partial charge is 0.0535 e. The van der Waals surface area contributed by atoms with Gasteiger partial charge in [-0.25, -0.2) is 0 Å². The van der Waals surface area contributed by atoms with Gasteiger partial charge in [-0.1, -0.05) is 22.0 Å². The molecule has 0 amide bonds. The summed E-state index contributed by atoms with van der Waals surface area (Å²) in [5, 5.41) is 7.31. The number of nitrogens with one attached hydrogen (secondary N) is 1. The Morgan fingerprint density at radius 2 is 2.20 bits per heavy atom. The molecule has 4 rings (SSSR count). The van der Waals surface area contributed by atoms with Crippen molar-refractivity contribution < 1.29 is 0 Å². The van der Waals surface area contributed by atoms with Crippen LogP contribution >= 0.6 is 15.9 Å². The first kappa shape index (κ1) is 12.6. The van der Waals surface area contributed by atoms with Crippen molar-refractivity contribution >= 4 is 15.9 Å². The molecule has 0 radical (unpaired) electrons. The Bertz CT molecular complexity index is 634. The molecule has 3 nitrogen and oxygen atoms in total. The van der Waals surface area contributed by atoms with Gasteiger partial charge < -0.3 is 0 Å². The van der Waals surface area contributed by atoms with Crippen LogP contribution in [0.25, 0.3) is 0 Å². The second kappa shape index (κ2) is 5.01. The monoisotopic (exact) mass is 331 g/mol. The predicted molar refractivity (Wildman–Crippen MR) is 82.5 cm³/mol. The zero-order valence-corrected chi connectivity index (χ0v) is 13.0. The molecule has 2 aliphatic rings. The van der Waals surface area contributed by atoms with Gasteiger partial charge in [-0.2, -0.15) is 5.10 Å². The molecule has 1 aromatic carbocycles. The van der Waals surface area contributed by atoms with E-state index in [9.17, 15) is 0 Å². The highest BCUT2D eigenvalue weighted by molar-refractivity contribution is 9.10. The third kappa shape index (κ3) is 2.11. The van der Waals surface area contributed by atoms with Crippen LogP contribution in [-0.4, -0.2) is 21.6 Å². The van der Waals surface area contributed by atoms with Gasteiger partial charge >= 0.3 is 0 Å². The van der Waals surface area contributed by atoms with E-state index in [0.717, 1.165) is 19.5 Å². The van der Waals surface area contributed by atoms with Gasteiger partial charge in [-0.3, -0.25) is 10.00 Å². The van der Waals surface area contributed by atoms with E-state index in [4.69, 9.17) is 0 Å². The molecule has 1 N–H and O–H groups in total. The van der Waals surface area contributed by atoms with Crippen molar-refractivity contribution in [2.24, 2.45) is 0 Å². The maximum absolute atomic E-state index is 4.18. The van der Waals surface area contributed by atoms with Crippen LogP contribution in [0.4, 0.5) is 0 Å². The lowest BCUT2D eigenvalue weighted by atomic mass is 9.86. The Kier molecular flexibility index (Phi) is 3.15. The van der Waals surface area contributed by atoms with E-state index >= 15 is 0 Å². The Labute approximate surface area is 127 Å².